The van der Waals surface area contributed by atoms with Gasteiger partial charge >= 0.3 is 0 Å². The van der Waals surface area contributed by atoms with Gasteiger partial charge in [0.05, 0.1) is 0 Å². The Labute approximate surface area is 155 Å². The van der Waals surface area contributed by atoms with E-state index in [4.69, 9.17) is 0 Å². The molecule has 1 amide bonds. The number of halogens is 2. The molecule has 0 radical (unpaired) electrons. The highest BCUT2D eigenvalue weighted by molar-refractivity contribution is 5.94. The second-order valence-electron chi connectivity index (χ2n) is 5.73. The minimum atomic E-state index is -0.898. The standard InChI is InChI=1S/C21H17F2N3O/c1-2-12-24-21(27)14-6-9-16(10-7-14)26-19-11-8-15(13-25-19)17-4-3-5-18(22)20(17)23/h2-11,13H,1,12H2,(H,24,27)(H,25,26). The van der Waals surface area contributed by atoms with Crippen LogP contribution in [0, 0.1) is 11.6 Å². The lowest BCUT2D eigenvalue weighted by molar-refractivity contribution is 0.0958. The maximum Gasteiger partial charge on any atom is 0.251 e. The number of anilines is 2. The fourth-order valence-corrected chi connectivity index (χ4v) is 2.47. The molecule has 3 aromatic rings. The number of pyridine rings is 1. The topological polar surface area (TPSA) is 54.0 Å². The normalized spacial score (nSPS) is 10.3. The van der Waals surface area contributed by atoms with E-state index in [2.05, 4.69) is 22.2 Å². The molecule has 1 heterocycles. The Balaban J connectivity index is 1.70. The summed E-state index contributed by atoms with van der Waals surface area (Å²) in [5.41, 5.74) is 1.91. The summed E-state index contributed by atoms with van der Waals surface area (Å²) in [6, 6.07) is 14.2. The zero-order chi connectivity index (χ0) is 19.2. The zero-order valence-electron chi connectivity index (χ0n) is 14.4. The van der Waals surface area contributed by atoms with E-state index in [1.165, 1.54) is 18.3 Å². The minimum Gasteiger partial charge on any atom is -0.349 e. The third-order valence-corrected chi connectivity index (χ3v) is 3.85. The molecule has 0 aliphatic carbocycles. The van der Waals surface area contributed by atoms with Crippen LogP contribution in [0.1, 0.15) is 10.4 Å². The molecule has 0 saturated carbocycles. The molecule has 27 heavy (non-hydrogen) atoms. The van der Waals surface area contributed by atoms with E-state index in [1.807, 2.05) is 0 Å². The lowest BCUT2D eigenvalue weighted by Gasteiger charge is -2.08. The van der Waals surface area contributed by atoms with Crippen molar-refractivity contribution in [3.8, 4) is 11.1 Å². The Morgan fingerprint density at radius 2 is 1.85 bits per heavy atom. The van der Waals surface area contributed by atoms with Crippen LogP contribution in [-0.2, 0) is 0 Å². The lowest BCUT2D eigenvalue weighted by Crippen LogP contribution is -2.22. The summed E-state index contributed by atoms with van der Waals surface area (Å²) >= 11 is 0. The first-order valence-electron chi connectivity index (χ1n) is 8.25. The Morgan fingerprint density at radius 3 is 2.52 bits per heavy atom. The molecule has 3 rings (SSSR count). The van der Waals surface area contributed by atoms with E-state index in [0.29, 0.717) is 23.5 Å². The van der Waals surface area contributed by atoms with Crippen LogP contribution in [0.5, 0.6) is 0 Å². The van der Waals surface area contributed by atoms with Crippen molar-refractivity contribution >= 4 is 17.4 Å². The van der Waals surface area contributed by atoms with Gasteiger partial charge in [-0.25, -0.2) is 13.8 Å². The first-order chi connectivity index (χ1) is 13.1. The molecule has 136 valence electrons. The van der Waals surface area contributed by atoms with Crippen molar-refractivity contribution in [2.45, 2.75) is 0 Å². The average molecular weight is 365 g/mol. The Kier molecular flexibility index (Phi) is 5.56. The highest BCUT2D eigenvalue weighted by Crippen LogP contribution is 2.25. The summed E-state index contributed by atoms with van der Waals surface area (Å²) in [4.78, 5) is 16.1. The van der Waals surface area contributed by atoms with Gasteiger partial charge in [0.2, 0.25) is 0 Å². The van der Waals surface area contributed by atoms with Gasteiger partial charge in [-0.1, -0.05) is 18.2 Å². The molecule has 0 bridgehead atoms. The van der Waals surface area contributed by atoms with Crippen LogP contribution in [0.15, 0.2) is 73.4 Å². The van der Waals surface area contributed by atoms with Gasteiger partial charge in [-0.05, 0) is 42.5 Å². The third kappa shape index (κ3) is 4.36. The minimum absolute atomic E-state index is 0.156. The number of rotatable bonds is 6. The number of aromatic nitrogens is 1. The molecule has 0 saturated heterocycles. The molecule has 2 aromatic carbocycles. The van der Waals surface area contributed by atoms with E-state index in [0.717, 1.165) is 11.8 Å². The van der Waals surface area contributed by atoms with Crippen LogP contribution in [-0.4, -0.2) is 17.4 Å². The number of carbonyl (C=O) groups excluding carboxylic acids is 1. The predicted molar refractivity (Wildman–Crippen MR) is 102 cm³/mol. The van der Waals surface area contributed by atoms with E-state index < -0.39 is 11.6 Å². The van der Waals surface area contributed by atoms with Crippen molar-refractivity contribution in [2.75, 3.05) is 11.9 Å². The third-order valence-electron chi connectivity index (χ3n) is 3.85. The molecule has 6 heteroatoms. The molecule has 2 N–H and O–H groups in total. The van der Waals surface area contributed by atoms with Crippen LogP contribution < -0.4 is 10.6 Å². The van der Waals surface area contributed by atoms with Crippen molar-refractivity contribution < 1.29 is 13.6 Å². The maximum absolute atomic E-state index is 13.9. The second-order valence-corrected chi connectivity index (χ2v) is 5.73. The number of nitrogens with one attached hydrogen (secondary N) is 2. The van der Waals surface area contributed by atoms with Crippen molar-refractivity contribution in [3.05, 3.63) is 90.6 Å². The van der Waals surface area contributed by atoms with E-state index in [1.54, 1.807) is 42.5 Å². The van der Waals surface area contributed by atoms with Gasteiger partial charge in [0.1, 0.15) is 5.82 Å². The van der Waals surface area contributed by atoms with Crippen LogP contribution in [0.3, 0.4) is 0 Å². The first-order valence-corrected chi connectivity index (χ1v) is 8.25. The summed E-state index contributed by atoms with van der Waals surface area (Å²) in [6.45, 7) is 3.95. The Hall–Kier alpha value is -3.54. The smallest absolute Gasteiger partial charge is 0.251 e. The fourth-order valence-electron chi connectivity index (χ4n) is 2.47. The molecular formula is C21H17F2N3O. The summed E-state index contributed by atoms with van der Waals surface area (Å²) < 4.78 is 27.2. The van der Waals surface area contributed by atoms with Gasteiger partial charge in [-0.2, -0.15) is 0 Å². The van der Waals surface area contributed by atoms with Crippen molar-refractivity contribution in [2.24, 2.45) is 0 Å². The van der Waals surface area contributed by atoms with Crippen LogP contribution in [0.2, 0.25) is 0 Å². The molecule has 0 atom stereocenters. The van der Waals surface area contributed by atoms with E-state index >= 15 is 0 Å². The molecule has 0 aliphatic heterocycles. The summed E-state index contributed by atoms with van der Waals surface area (Å²) in [5.74, 6) is -1.43. The van der Waals surface area contributed by atoms with Gasteiger partial charge in [0, 0.05) is 35.1 Å². The van der Waals surface area contributed by atoms with Gasteiger partial charge in [-0.15, -0.1) is 6.58 Å². The van der Waals surface area contributed by atoms with E-state index in [-0.39, 0.29) is 11.5 Å². The van der Waals surface area contributed by atoms with Gasteiger partial charge < -0.3 is 10.6 Å². The monoisotopic (exact) mass is 365 g/mol. The Morgan fingerprint density at radius 1 is 1.07 bits per heavy atom. The number of carbonyl (C=O) groups is 1. The molecular weight excluding hydrogens is 348 g/mol. The Bertz CT molecular complexity index is 954. The zero-order valence-corrected chi connectivity index (χ0v) is 14.4. The average Bonchev–Trinajstić information content (AvgIpc) is 2.69. The molecule has 4 nitrogen and oxygen atoms in total. The highest BCUT2D eigenvalue weighted by atomic mass is 19.2. The predicted octanol–water partition coefficient (Wildman–Crippen LogP) is 4.69. The van der Waals surface area contributed by atoms with Crippen molar-refractivity contribution in [1.82, 2.24) is 10.3 Å². The van der Waals surface area contributed by atoms with Gasteiger partial charge in [0.15, 0.2) is 11.6 Å². The molecule has 0 spiro atoms. The summed E-state index contributed by atoms with van der Waals surface area (Å²) in [5, 5.41) is 5.79. The SMILES string of the molecule is C=CCNC(=O)c1ccc(Nc2ccc(-c3cccc(F)c3F)cn2)cc1. The largest absolute Gasteiger partial charge is 0.349 e. The van der Waals surface area contributed by atoms with Crippen molar-refractivity contribution in [3.63, 3.8) is 0 Å². The molecule has 0 aliphatic rings. The van der Waals surface area contributed by atoms with Crippen molar-refractivity contribution in [1.29, 1.82) is 0 Å². The summed E-state index contributed by atoms with van der Waals surface area (Å²) in [6.07, 6.45) is 3.08. The van der Waals surface area contributed by atoms with E-state index in [9.17, 15) is 13.6 Å². The van der Waals surface area contributed by atoms with Crippen LogP contribution in [0.25, 0.3) is 11.1 Å². The highest BCUT2D eigenvalue weighted by Gasteiger charge is 2.10. The molecule has 0 unspecified atom stereocenters. The van der Waals surface area contributed by atoms with Gasteiger partial charge in [-0.3, -0.25) is 4.79 Å². The fraction of sp³-hybridized carbons (Fsp3) is 0.0476. The van der Waals surface area contributed by atoms with Gasteiger partial charge in [0.25, 0.3) is 5.91 Å². The van der Waals surface area contributed by atoms with Crippen LogP contribution >= 0.6 is 0 Å². The number of nitrogens with zero attached hydrogens (tertiary/aromatic N) is 1. The number of hydrogen-bond donors (Lipinski definition) is 2. The lowest BCUT2D eigenvalue weighted by atomic mass is 10.1. The van der Waals surface area contributed by atoms with Crippen LogP contribution in [0.4, 0.5) is 20.3 Å². The second kappa shape index (κ2) is 8.23. The number of benzene rings is 2. The quantitative estimate of drug-likeness (QED) is 0.623. The maximum atomic E-state index is 13.9. The molecule has 1 aromatic heterocycles. The summed E-state index contributed by atoms with van der Waals surface area (Å²) in [7, 11) is 0. The molecule has 0 fully saturated rings. The number of amides is 1. The number of hydrogen-bond acceptors (Lipinski definition) is 3. The first kappa shape index (κ1) is 18.3.